The van der Waals surface area contributed by atoms with Crippen LogP contribution in [0.3, 0.4) is 0 Å². The van der Waals surface area contributed by atoms with Crippen molar-refractivity contribution in [1.82, 2.24) is 10.2 Å². The second-order valence-electron chi connectivity index (χ2n) is 5.70. The summed E-state index contributed by atoms with van der Waals surface area (Å²) < 4.78 is 54.3. The lowest BCUT2D eigenvalue weighted by Gasteiger charge is -2.35. The third kappa shape index (κ3) is 5.06. The zero-order chi connectivity index (χ0) is 17.6. The number of nitrogens with zero attached hydrogens (tertiary/aromatic N) is 1. The van der Waals surface area contributed by atoms with E-state index in [2.05, 4.69) is 15.0 Å². The fourth-order valence-corrected chi connectivity index (χ4v) is 2.80. The molecule has 1 atom stereocenters. The second-order valence-corrected chi connectivity index (χ2v) is 5.70. The number of alkyl halides is 4. The van der Waals surface area contributed by atoms with Crippen molar-refractivity contribution in [2.75, 3.05) is 32.8 Å². The van der Waals surface area contributed by atoms with E-state index < -0.39 is 12.5 Å². The Morgan fingerprint density at radius 2 is 1.79 bits per heavy atom. The number of hydrogen-bond acceptors (Lipinski definition) is 4. The maximum Gasteiger partial charge on any atom is 0.461 e. The van der Waals surface area contributed by atoms with E-state index >= 15 is 0 Å². The van der Waals surface area contributed by atoms with Gasteiger partial charge in [0, 0.05) is 38.8 Å². The molecule has 0 amide bonds. The molecule has 0 radical (unpaired) electrons. The van der Waals surface area contributed by atoms with Gasteiger partial charge in [-0.15, -0.1) is 0 Å². The smallest absolute Gasteiger partial charge is 0.428 e. The Morgan fingerprint density at radius 1 is 1.17 bits per heavy atom. The Morgan fingerprint density at radius 3 is 2.33 bits per heavy atom. The third-order valence-corrected chi connectivity index (χ3v) is 4.00. The summed E-state index contributed by atoms with van der Waals surface area (Å²) in [4.78, 5) is 2.26. The Labute approximate surface area is 138 Å². The zero-order valence-corrected chi connectivity index (χ0v) is 13.2. The molecule has 1 aromatic rings. The van der Waals surface area contributed by atoms with Gasteiger partial charge >= 0.3 is 12.5 Å². The number of aliphatic hydroxyl groups is 1. The summed E-state index contributed by atoms with van der Waals surface area (Å²) in [6.45, 7) is 3.48. The van der Waals surface area contributed by atoms with Gasteiger partial charge in [-0.25, -0.2) is 0 Å². The van der Waals surface area contributed by atoms with Crippen LogP contribution in [0.5, 0.6) is 5.75 Å². The van der Waals surface area contributed by atoms with Crippen molar-refractivity contribution in [1.29, 1.82) is 0 Å². The first-order chi connectivity index (χ1) is 11.4. The molecular weight excluding hydrogens is 328 g/mol. The van der Waals surface area contributed by atoms with E-state index in [0.717, 1.165) is 38.2 Å². The lowest BCUT2D eigenvalue weighted by Crippen LogP contribution is -2.45. The van der Waals surface area contributed by atoms with E-state index in [4.69, 9.17) is 5.11 Å². The average Bonchev–Trinajstić information content (AvgIpc) is 2.57. The number of aliphatic hydroxyl groups excluding tert-OH is 1. The van der Waals surface area contributed by atoms with Crippen molar-refractivity contribution in [2.45, 2.75) is 31.4 Å². The quantitative estimate of drug-likeness (QED) is 0.708. The summed E-state index contributed by atoms with van der Waals surface area (Å²) in [6, 6.07) is 5.82. The number of hydrogen-bond donors (Lipinski definition) is 2. The van der Waals surface area contributed by atoms with Gasteiger partial charge in [-0.05, 0) is 30.5 Å². The molecule has 1 aliphatic heterocycles. The fourth-order valence-electron chi connectivity index (χ4n) is 2.80. The lowest BCUT2D eigenvalue weighted by molar-refractivity contribution is -0.253. The molecule has 136 valence electrons. The molecule has 0 spiro atoms. The Bertz CT molecular complexity index is 493. The first-order valence-electron chi connectivity index (χ1n) is 7.94. The molecule has 0 unspecified atom stereocenters. The Balaban J connectivity index is 2.09. The van der Waals surface area contributed by atoms with E-state index in [1.807, 2.05) is 0 Å². The van der Waals surface area contributed by atoms with Crippen LogP contribution < -0.4 is 10.1 Å². The molecule has 8 heteroatoms. The third-order valence-electron chi connectivity index (χ3n) is 4.00. The van der Waals surface area contributed by atoms with Gasteiger partial charge < -0.3 is 15.2 Å². The minimum absolute atomic E-state index is 0.0453. The van der Waals surface area contributed by atoms with Crippen LogP contribution in [0.4, 0.5) is 17.6 Å². The summed E-state index contributed by atoms with van der Waals surface area (Å²) >= 11 is 0. The number of ether oxygens (including phenoxy) is 1. The molecule has 0 saturated carbocycles. The van der Waals surface area contributed by atoms with Gasteiger partial charge in [0.15, 0.2) is 0 Å². The van der Waals surface area contributed by atoms with Crippen molar-refractivity contribution in [3.05, 3.63) is 29.8 Å². The van der Waals surface area contributed by atoms with Crippen molar-refractivity contribution in [2.24, 2.45) is 0 Å². The normalized spacial score (nSPS) is 17.9. The van der Waals surface area contributed by atoms with Gasteiger partial charge in [0.25, 0.3) is 0 Å². The van der Waals surface area contributed by atoms with E-state index in [-0.39, 0.29) is 18.4 Å². The van der Waals surface area contributed by atoms with Gasteiger partial charge in [-0.2, -0.15) is 17.6 Å². The molecule has 1 fully saturated rings. The molecule has 1 saturated heterocycles. The van der Waals surface area contributed by atoms with Crippen LogP contribution in [0.25, 0.3) is 0 Å². The van der Waals surface area contributed by atoms with Crippen LogP contribution in [-0.2, 0) is 0 Å². The van der Waals surface area contributed by atoms with Crippen LogP contribution in [0.1, 0.15) is 24.4 Å². The maximum absolute atomic E-state index is 12.9. The number of halogens is 4. The molecular formula is C16H22F4N2O2. The fraction of sp³-hybridized carbons (Fsp3) is 0.625. The van der Waals surface area contributed by atoms with E-state index in [9.17, 15) is 17.6 Å². The molecule has 0 aromatic heterocycles. The molecule has 0 bridgehead atoms. The maximum atomic E-state index is 12.9. The molecule has 1 aliphatic rings. The number of nitrogens with one attached hydrogen (secondary N) is 1. The highest BCUT2D eigenvalue weighted by molar-refractivity contribution is 5.29. The zero-order valence-electron chi connectivity index (χ0n) is 13.2. The topological polar surface area (TPSA) is 44.7 Å². The van der Waals surface area contributed by atoms with Gasteiger partial charge in [0.2, 0.25) is 0 Å². The number of piperazine rings is 1. The predicted molar refractivity (Wildman–Crippen MR) is 81.5 cm³/mol. The van der Waals surface area contributed by atoms with Crippen molar-refractivity contribution in [3.8, 4) is 5.75 Å². The van der Waals surface area contributed by atoms with Crippen LogP contribution in [0.15, 0.2) is 24.3 Å². The summed E-state index contributed by atoms with van der Waals surface area (Å²) in [7, 11) is 0. The molecule has 2 rings (SSSR count). The van der Waals surface area contributed by atoms with Crippen molar-refractivity contribution >= 4 is 0 Å². The van der Waals surface area contributed by atoms with Crippen LogP contribution in [0.2, 0.25) is 0 Å². The first kappa shape index (κ1) is 19.0. The summed E-state index contributed by atoms with van der Waals surface area (Å²) in [5.74, 6) is -0.301. The van der Waals surface area contributed by atoms with Crippen LogP contribution in [0, 0.1) is 0 Å². The van der Waals surface area contributed by atoms with E-state index in [1.165, 1.54) is 12.1 Å². The lowest BCUT2D eigenvalue weighted by atomic mass is 9.99. The second kappa shape index (κ2) is 8.64. The minimum Gasteiger partial charge on any atom is -0.428 e. The SMILES string of the molecule is OCCC[C@H](c1ccc(OC(F)(F)C(F)F)cc1)N1CCNCC1. The van der Waals surface area contributed by atoms with Crippen molar-refractivity contribution < 1.29 is 27.4 Å². The van der Waals surface area contributed by atoms with E-state index in [1.54, 1.807) is 12.1 Å². The van der Waals surface area contributed by atoms with E-state index in [0.29, 0.717) is 6.42 Å². The Hall–Kier alpha value is -1.38. The van der Waals surface area contributed by atoms with Crippen LogP contribution in [-0.4, -0.2) is 55.3 Å². The standard InChI is InChI=1S/C16H22F4N2O2/c17-15(18)16(19,20)24-13-5-3-12(4-6-13)14(2-1-11-23)22-9-7-21-8-10-22/h3-6,14-15,21,23H,1-2,7-11H2/t14-/m1/s1. The summed E-state index contributed by atoms with van der Waals surface area (Å²) in [6.07, 6.45) is -7.04. The van der Waals surface area contributed by atoms with Crippen molar-refractivity contribution in [3.63, 3.8) is 0 Å². The molecule has 2 N–H and O–H groups in total. The van der Waals surface area contributed by atoms with Crippen LogP contribution >= 0.6 is 0 Å². The van der Waals surface area contributed by atoms with Gasteiger partial charge in [-0.3, -0.25) is 4.90 Å². The molecule has 1 aromatic carbocycles. The minimum atomic E-state index is -4.50. The highest BCUT2D eigenvalue weighted by Crippen LogP contribution is 2.31. The molecule has 4 nitrogen and oxygen atoms in total. The molecule has 1 heterocycles. The first-order valence-corrected chi connectivity index (χ1v) is 7.94. The highest BCUT2D eigenvalue weighted by Gasteiger charge is 2.43. The largest absolute Gasteiger partial charge is 0.461 e. The number of rotatable bonds is 8. The Kier molecular flexibility index (Phi) is 6.82. The number of benzene rings is 1. The van der Waals surface area contributed by atoms with Gasteiger partial charge in [0.05, 0.1) is 0 Å². The predicted octanol–water partition coefficient (Wildman–Crippen LogP) is 2.64. The monoisotopic (exact) mass is 350 g/mol. The average molecular weight is 350 g/mol. The molecule has 24 heavy (non-hydrogen) atoms. The molecule has 0 aliphatic carbocycles. The highest BCUT2D eigenvalue weighted by atomic mass is 19.3. The summed E-state index contributed by atoms with van der Waals surface area (Å²) in [5.41, 5.74) is 0.887. The van der Waals surface area contributed by atoms with Gasteiger partial charge in [0.1, 0.15) is 5.75 Å². The summed E-state index contributed by atoms with van der Waals surface area (Å²) in [5, 5.41) is 12.3. The van der Waals surface area contributed by atoms with Gasteiger partial charge in [-0.1, -0.05) is 12.1 Å².